The number of aromatic nitrogens is 1. The molecule has 1 atom stereocenters. The molecule has 98 valence electrons. The molecule has 2 aliphatic carbocycles. The summed E-state index contributed by atoms with van der Waals surface area (Å²) in [5, 5.41) is 4.35. The van der Waals surface area contributed by atoms with E-state index in [1.54, 1.807) is 0 Å². The first kappa shape index (κ1) is 11.1. The van der Waals surface area contributed by atoms with Gasteiger partial charge in [0.15, 0.2) is 0 Å². The smallest absolute Gasteiger partial charge is 0.253 e. The summed E-state index contributed by atoms with van der Waals surface area (Å²) >= 11 is 0. The average molecular weight is 254 g/mol. The van der Waals surface area contributed by atoms with Crippen LogP contribution in [0, 0.1) is 5.41 Å². The van der Waals surface area contributed by atoms with Crippen LogP contribution in [-0.2, 0) is 0 Å². The van der Waals surface area contributed by atoms with E-state index in [0.29, 0.717) is 11.5 Å². The number of hydrogen-bond acceptors (Lipinski definition) is 1. The van der Waals surface area contributed by atoms with Gasteiger partial charge in [-0.05, 0) is 43.2 Å². The molecule has 19 heavy (non-hydrogen) atoms. The lowest BCUT2D eigenvalue weighted by molar-refractivity contribution is -0.0146. The van der Waals surface area contributed by atoms with Crippen molar-refractivity contribution in [2.75, 3.05) is 0 Å². The van der Waals surface area contributed by atoms with Gasteiger partial charge in [0.1, 0.15) is 0 Å². The van der Waals surface area contributed by atoms with E-state index in [2.05, 4.69) is 10.3 Å². The number of fused-ring (bicyclic) bond motifs is 1. The van der Waals surface area contributed by atoms with Gasteiger partial charge in [-0.1, -0.05) is 18.6 Å². The van der Waals surface area contributed by atoms with E-state index < -0.39 is 0 Å². The average Bonchev–Trinajstić information content (AvgIpc) is 2.80. The SMILES string of the molecule is O=C(NC1CCC12CCC2)c1cccc2cc[nH]c12. The molecular weight excluding hydrogens is 236 g/mol. The number of rotatable bonds is 2. The summed E-state index contributed by atoms with van der Waals surface area (Å²) in [6, 6.07) is 8.28. The van der Waals surface area contributed by atoms with Crippen molar-refractivity contribution in [2.24, 2.45) is 5.41 Å². The third-order valence-corrected chi connectivity index (χ3v) is 5.16. The fourth-order valence-electron chi connectivity index (χ4n) is 3.66. The highest BCUT2D eigenvalue weighted by Crippen LogP contribution is 2.55. The van der Waals surface area contributed by atoms with Gasteiger partial charge < -0.3 is 10.3 Å². The molecular formula is C16H18N2O. The number of para-hydroxylation sites is 1. The van der Waals surface area contributed by atoms with Crippen LogP contribution in [0.1, 0.15) is 42.5 Å². The summed E-state index contributed by atoms with van der Waals surface area (Å²) in [7, 11) is 0. The van der Waals surface area contributed by atoms with Gasteiger partial charge in [0.25, 0.3) is 5.91 Å². The Morgan fingerprint density at radius 2 is 2.16 bits per heavy atom. The molecule has 1 spiro atoms. The van der Waals surface area contributed by atoms with Crippen LogP contribution in [0.3, 0.4) is 0 Å². The van der Waals surface area contributed by atoms with Gasteiger partial charge in [-0.2, -0.15) is 0 Å². The lowest BCUT2D eigenvalue weighted by Crippen LogP contribution is -2.58. The Labute approximate surface area is 112 Å². The third kappa shape index (κ3) is 1.54. The minimum Gasteiger partial charge on any atom is -0.361 e. The molecule has 0 bridgehead atoms. The minimum atomic E-state index is 0.0732. The first-order valence-corrected chi connectivity index (χ1v) is 7.16. The second-order valence-corrected chi connectivity index (χ2v) is 6.03. The van der Waals surface area contributed by atoms with E-state index in [1.165, 1.54) is 25.7 Å². The number of hydrogen-bond donors (Lipinski definition) is 2. The Balaban J connectivity index is 1.59. The Kier molecular flexibility index (Phi) is 2.25. The maximum atomic E-state index is 12.5. The highest BCUT2D eigenvalue weighted by molar-refractivity contribution is 6.05. The maximum Gasteiger partial charge on any atom is 0.253 e. The molecule has 0 saturated heterocycles. The molecule has 3 nitrogen and oxygen atoms in total. The summed E-state index contributed by atoms with van der Waals surface area (Å²) in [4.78, 5) is 15.6. The fourth-order valence-corrected chi connectivity index (χ4v) is 3.66. The minimum absolute atomic E-state index is 0.0732. The lowest BCUT2D eigenvalue weighted by Gasteiger charge is -2.56. The molecule has 3 heteroatoms. The van der Waals surface area contributed by atoms with Crippen molar-refractivity contribution in [1.82, 2.24) is 10.3 Å². The van der Waals surface area contributed by atoms with Crippen molar-refractivity contribution in [2.45, 2.75) is 38.1 Å². The number of carbonyl (C=O) groups excluding carboxylic acids is 1. The van der Waals surface area contributed by atoms with Crippen LogP contribution in [0.5, 0.6) is 0 Å². The standard InChI is InChI=1S/C16H18N2O/c19-15(18-13-5-9-16(13)7-2-8-16)12-4-1-3-11-6-10-17-14(11)12/h1,3-4,6,10,13,17H,2,5,7-9H2,(H,18,19). The van der Waals surface area contributed by atoms with E-state index in [4.69, 9.17) is 0 Å². The number of nitrogens with one attached hydrogen (secondary N) is 2. The van der Waals surface area contributed by atoms with E-state index in [9.17, 15) is 4.79 Å². The van der Waals surface area contributed by atoms with Crippen LogP contribution in [0.4, 0.5) is 0 Å². The van der Waals surface area contributed by atoms with E-state index >= 15 is 0 Å². The molecule has 1 aromatic carbocycles. The molecule has 2 fully saturated rings. The maximum absolute atomic E-state index is 12.5. The predicted molar refractivity (Wildman–Crippen MR) is 75.1 cm³/mol. The summed E-state index contributed by atoms with van der Waals surface area (Å²) in [6.45, 7) is 0. The van der Waals surface area contributed by atoms with E-state index in [-0.39, 0.29) is 5.91 Å². The van der Waals surface area contributed by atoms with Crippen molar-refractivity contribution in [3.05, 3.63) is 36.0 Å². The largest absolute Gasteiger partial charge is 0.361 e. The van der Waals surface area contributed by atoms with Crippen molar-refractivity contribution in [1.29, 1.82) is 0 Å². The first-order chi connectivity index (χ1) is 9.28. The summed E-state index contributed by atoms with van der Waals surface area (Å²) in [5.41, 5.74) is 2.17. The fraction of sp³-hybridized carbons (Fsp3) is 0.438. The third-order valence-electron chi connectivity index (χ3n) is 5.16. The summed E-state index contributed by atoms with van der Waals surface area (Å²) in [5.74, 6) is 0.0732. The zero-order chi connectivity index (χ0) is 12.9. The molecule has 1 aromatic heterocycles. The predicted octanol–water partition coefficient (Wildman–Crippen LogP) is 3.23. The van der Waals surface area contributed by atoms with Crippen LogP contribution >= 0.6 is 0 Å². The number of aromatic amines is 1. The van der Waals surface area contributed by atoms with Crippen LogP contribution in [-0.4, -0.2) is 16.9 Å². The van der Waals surface area contributed by atoms with Gasteiger partial charge in [0, 0.05) is 17.6 Å². The van der Waals surface area contributed by atoms with Crippen LogP contribution in [0.2, 0.25) is 0 Å². The quantitative estimate of drug-likeness (QED) is 0.849. The molecule has 2 aliphatic rings. The Morgan fingerprint density at radius 1 is 1.26 bits per heavy atom. The van der Waals surface area contributed by atoms with Crippen molar-refractivity contribution >= 4 is 16.8 Å². The second-order valence-electron chi connectivity index (χ2n) is 6.03. The second kappa shape index (κ2) is 3.86. The summed E-state index contributed by atoms with van der Waals surface area (Å²) in [6.07, 6.45) is 8.25. The van der Waals surface area contributed by atoms with E-state index in [1.807, 2.05) is 30.5 Å². The first-order valence-electron chi connectivity index (χ1n) is 7.16. The highest BCUT2D eigenvalue weighted by atomic mass is 16.1. The molecule has 0 aliphatic heterocycles. The van der Waals surface area contributed by atoms with Gasteiger partial charge in [-0.3, -0.25) is 4.79 Å². The lowest BCUT2D eigenvalue weighted by atomic mass is 9.53. The van der Waals surface area contributed by atoms with E-state index in [0.717, 1.165) is 22.9 Å². The Hall–Kier alpha value is -1.77. The molecule has 4 rings (SSSR count). The zero-order valence-corrected chi connectivity index (χ0v) is 10.9. The van der Waals surface area contributed by atoms with Crippen molar-refractivity contribution < 1.29 is 4.79 Å². The van der Waals surface area contributed by atoms with Crippen molar-refractivity contribution in [3.63, 3.8) is 0 Å². The molecule has 0 radical (unpaired) electrons. The number of amides is 1. The monoisotopic (exact) mass is 254 g/mol. The van der Waals surface area contributed by atoms with Crippen molar-refractivity contribution in [3.8, 4) is 0 Å². The van der Waals surface area contributed by atoms with Gasteiger partial charge >= 0.3 is 0 Å². The molecule has 1 amide bonds. The van der Waals surface area contributed by atoms with Crippen LogP contribution in [0.15, 0.2) is 30.5 Å². The molecule has 2 saturated carbocycles. The van der Waals surface area contributed by atoms with Gasteiger partial charge in [-0.25, -0.2) is 0 Å². The topological polar surface area (TPSA) is 44.9 Å². The molecule has 2 aromatic rings. The summed E-state index contributed by atoms with van der Waals surface area (Å²) < 4.78 is 0. The van der Waals surface area contributed by atoms with Gasteiger partial charge in [0.05, 0.1) is 11.1 Å². The molecule has 1 unspecified atom stereocenters. The normalized spacial score (nSPS) is 23.9. The zero-order valence-electron chi connectivity index (χ0n) is 10.9. The molecule has 2 N–H and O–H groups in total. The van der Waals surface area contributed by atoms with Gasteiger partial charge in [-0.15, -0.1) is 0 Å². The number of carbonyl (C=O) groups is 1. The van der Waals surface area contributed by atoms with Crippen LogP contribution in [0.25, 0.3) is 10.9 Å². The Bertz CT molecular complexity index is 633. The van der Waals surface area contributed by atoms with Gasteiger partial charge in [0.2, 0.25) is 0 Å². The van der Waals surface area contributed by atoms with Crippen LogP contribution < -0.4 is 5.32 Å². The number of H-pyrrole nitrogens is 1. The number of benzene rings is 1. The highest BCUT2D eigenvalue weighted by Gasteiger charge is 2.51. The molecule has 1 heterocycles. The Morgan fingerprint density at radius 3 is 2.84 bits per heavy atom.